The quantitative estimate of drug-likeness (QED) is 0.793. The number of aliphatic hydroxyl groups excluding tert-OH is 1. The lowest BCUT2D eigenvalue weighted by atomic mass is 10.1. The van der Waals surface area contributed by atoms with E-state index in [1.807, 2.05) is 37.5 Å². The number of hydrogen-bond acceptors (Lipinski definition) is 2. The first-order valence-electron chi connectivity index (χ1n) is 6.52. The summed E-state index contributed by atoms with van der Waals surface area (Å²) in [4.78, 5) is 4.41. The second kappa shape index (κ2) is 6.36. The third kappa shape index (κ3) is 3.44. The minimum atomic E-state index is -0.193. The maximum absolute atomic E-state index is 9.22. The molecule has 1 heterocycles. The summed E-state index contributed by atoms with van der Waals surface area (Å²) in [7, 11) is 0. The van der Waals surface area contributed by atoms with Crippen LogP contribution in [-0.4, -0.2) is 20.8 Å². The van der Waals surface area contributed by atoms with Crippen molar-refractivity contribution in [1.82, 2.24) is 9.55 Å². The summed E-state index contributed by atoms with van der Waals surface area (Å²) >= 11 is 0. The van der Waals surface area contributed by atoms with Crippen molar-refractivity contribution >= 4 is 0 Å². The molecule has 1 aromatic heterocycles. The average Bonchev–Trinajstić information content (AvgIpc) is 2.84. The highest BCUT2D eigenvalue weighted by atomic mass is 16.3. The Balaban J connectivity index is 1.96. The Morgan fingerprint density at radius 3 is 2.72 bits per heavy atom. The fourth-order valence-corrected chi connectivity index (χ4v) is 2.06. The second-order valence-electron chi connectivity index (χ2n) is 4.66. The molecule has 3 heteroatoms. The number of aromatic nitrogens is 2. The molecule has 0 aliphatic heterocycles. The number of imidazole rings is 1. The van der Waals surface area contributed by atoms with E-state index in [4.69, 9.17) is 0 Å². The van der Waals surface area contributed by atoms with E-state index in [0.29, 0.717) is 0 Å². The normalized spacial score (nSPS) is 12.6. The molecule has 96 valence electrons. The number of hydrogen-bond donors (Lipinski definition) is 1. The third-order valence-electron chi connectivity index (χ3n) is 3.02. The summed E-state index contributed by atoms with van der Waals surface area (Å²) in [6.45, 7) is 2.80. The molecule has 2 aromatic rings. The van der Waals surface area contributed by atoms with Gasteiger partial charge >= 0.3 is 0 Å². The van der Waals surface area contributed by atoms with Crippen molar-refractivity contribution in [1.29, 1.82) is 0 Å². The fraction of sp³-hybridized carbons (Fsp3) is 0.400. The molecule has 0 aliphatic rings. The van der Waals surface area contributed by atoms with Gasteiger partial charge in [-0.15, -0.1) is 0 Å². The summed E-state index contributed by atoms with van der Waals surface area (Å²) < 4.78 is 2.18. The summed E-state index contributed by atoms with van der Waals surface area (Å²) in [5.74, 6) is 1.02. The van der Waals surface area contributed by atoms with Crippen molar-refractivity contribution in [3.63, 3.8) is 0 Å². The second-order valence-corrected chi connectivity index (χ2v) is 4.66. The molecule has 2 rings (SSSR count). The van der Waals surface area contributed by atoms with Gasteiger partial charge in [0.25, 0.3) is 0 Å². The summed E-state index contributed by atoms with van der Waals surface area (Å²) in [5, 5.41) is 9.22. The van der Waals surface area contributed by atoms with Crippen LogP contribution in [0.2, 0.25) is 0 Å². The van der Waals surface area contributed by atoms with E-state index in [1.54, 1.807) is 0 Å². The van der Waals surface area contributed by atoms with Crippen molar-refractivity contribution in [2.45, 2.75) is 38.8 Å². The molecule has 0 saturated heterocycles. The van der Waals surface area contributed by atoms with Gasteiger partial charge in [0.05, 0.1) is 6.10 Å². The van der Waals surface area contributed by atoms with E-state index >= 15 is 0 Å². The highest BCUT2D eigenvalue weighted by Crippen LogP contribution is 2.17. The number of nitrogens with zero attached hydrogens (tertiary/aromatic N) is 2. The predicted octanol–water partition coefficient (Wildman–Crippen LogP) is 3.10. The van der Waals surface area contributed by atoms with Gasteiger partial charge in [-0.05, 0) is 26.2 Å². The molecule has 0 amide bonds. The molecule has 18 heavy (non-hydrogen) atoms. The molecule has 0 saturated carbocycles. The Morgan fingerprint density at radius 2 is 2.00 bits per heavy atom. The van der Waals surface area contributed by atoms with Gasteiger partial charge in [-0.3, -0.25) is 0 Å². The van der Waals surface area contributed by atoms with Gasteiger partial charge < -0.3 is 9.67 Å². The molecule has 0 bridgehead atoms. The number of benzene rings is 1. The third-order valence-corrected chi connectivity index (χ3v) is 3.02. The van der Waals surface area contributed by atoms with Gasteiger partial charge in [-0.2, -0.15) is 0 Å². The van der Waals surface area contributed by atoms with Crippen LogP contribution < -0.4 is 0 Å². The molecule has 0 aliphatic carbocycles. The van der Waals surface area contributed by atoms with Gasteiger partial charge in [0.2, 0.25) is 0 Å². The molecule has 1 atom stereocenters. The smallest absolute Gasteiger partial charge is 0.139 e. The van der Waals surface area contributed by atoms with E-state index in [0.717, 1.165) is 37.2 Å². The van der Waals surface area contributed by atoms with Crippen LogP contribution in [-0.2, 0) is 6.54 Å². The Kier molecular flexibility index (Phi) is 4.53. The van der Waals surface area contributed by atoms with Crippen molar-refractivity contribution < 1.29 is 5.11 Å². The van der Waals surface area contributed by atoms with Crippen LogP contribution in [0.3, 0.4) is 0 Å². The number of aryl methyl sites for hydroxylation is 1. The fourth-order valence-electron chi connectivity index (χ4n) is 2.06. The maximum Gasteiger partial charge on any atom is 0.139 e. The molecular formula is C15H20N2O. The first-order chi connectivity index (χ1) is 8.77. The molecule has 1 unspecified atom stereocenters. The Hall–Kier alpha value is -1.61. The zero-order valence-electron chi connectivity index (χ0n) is 10.8. The molecule has 0 spiro atoms. The van der Waals surface area contributed by atoms with Crippen molar-refractivity contribution in [2.75, 3.05) is 0 Å². The van der Waals surface area contributed by atoms with Crippen LogP contribution in [0.4, 0.5) is 0 Å². The number of rotatable bonds is 6. The predicted molar refractivity (Wildman–Crippen MR) is 73.2 cm³/mol. The number of unbranched alkanes of at least 4 members (excludes halogenated alkanes) is 1. The Bertz CT molecular complexity index is 462. The molecule has 1 N–H and O–H groups in total. The van der Waals surface area contributed by atoms with Gasteiger partial charge in [0.15, 0.2) is 0 Å². The van der Waals surface area contributed by atoms with Crippen LogP contribution in [0, 0.1) is 0 Å². The maximum atomic E-state index is 9.22. The van der Waals surface area contributed by atoms with Gasteiger partial charge in [-0.1, -0.05) is 30.3 Å². The first-order valence-corrected chi connectivity index (χ1v) is 6.52. The van der Waals surface area contributed by atoms with Crippen LogP contribution in [0.15, 0.2) is 42.7 Å². The molecule has 0 radical (unpaired) electrons. The van der Waals surface area contributed by atoms with Crippen LogP contribution in [0.5, 0.6) is 0 Å². The SMILES string of the molecule is CC(O)CCCCn1ccnc1-c1ccccc1. The lowest BCUT2D eigenvalue weighted by Crippen LogP contribution is -2.03. The highest BCUT2D eigenvalue weighted by molar-refractivity contribution is 5.54. The van der Waals surface area contributed by atoms with Crippen molar-refractivity contribution in [2.24, 2.45) is 0 Å². The molecule has 0 fully saturated rings. The summed E-state index contributed by atoms with van der Waals surface area (Å²) in [6.07, 6.45) is 6.66. The molecule has 1 aromatic carbocycles. The van der Waals surface area contributed by atoms with Gasteiger partial charge in [0.1, 0.15) is 5.82 Å². The first kappa shape index (κ1) is 12.8. The zero-order valence-corrected chi connectivity index (χ0v) is 10.8. The summed E-state index contributed by atoms with van der Waals surface area (Å²) in [6, 6.07) is 10.2. The standard InChI is InChI=1S/C15H20N2O/c1-13(18)7-5-6-11-17-12-10-16-15(17)14-8-3-2-4-9-14/h2-4,8-10,12-13,18H,5-7,11H2,1H3. The lowest BCUT2D eigenvalue weighted by molar-refractivity contribution is 0.180. The van der Waals surface area contributed by atoms with E-state index in [-0.39, 0.29) is 6.10 Å². The van der Waals surface area contributed by atoms with E-state index in [9.17, 15) is 5.11 Å². The van der Waals surface area contributed by atoms with Crippen molar-refractivity contribution in [3.8, 4) is 11.4 Å². The molecular weight excluding hydrogens is 224 g/mol. The van der Waals surface area contributed by atoms with Crippen LogP contribution in [0.1, 0.15) is 26.2 Å². The monoisotopic (exact) mass is 244 g/mol. The van der Waals surface area contributed by atoms with E-state index in [2.05, 4.69) is 21.7 Å². The largest absolute Gasteiger partial charge is 0.393 e. The average molecular weight is 244 g/mol. The Labute approximate surface area is 108 Å². The van der Waals surface area contributed by atoms with E-state index in [1.165, 1.54) is 0 Å². The summed E-state index contributed by atoms with van der Waals surface area (Å²) in [5.41, 5.74) is 1.15. The van der Waals surface area contributed by atoms with E-state index < -0.39 is 0 Å². The number of aliphatic hydroxyl groups is 1. The topological polar surface area (TPSA) is 38.0 Å². The van der Waals surface area contributed by atoms with Gasteiger partial charge in [0, 0.05) is 24.5 Å². The minimum absolute atomic E-state index is 0.193. The van der Waals surface area contributed by atoms with Gasteiger partial charge in [-0.25, -0.2) is 4.98 Å². The molecule has 3 nitrogen and oxygen atoms in total. The lowest BCUT2D eigenvalue weighted by Gasteiger charge is -2.08. The Morgan fingerprint density at radius 1 is 1.22 bits per heavy atom. The van der Waals surface area contributed by atoms with Crippen LogP contribution >= 0.6 is 0 Å². The zero-order chi connectivity index (χ0) is 12.8. The minimum Gasteiger partial charge on any atom is -0.393 e. The van der Waals surface area contributed by atoms with Crippen LogP contribution in [0.25, 0.3) is 11.4 Å². The van der Waals surface area contributed by atoms with Crippen molar-refractivity contribution in [3.05, 3.63) is 42.7 Å². The highest BCUT2D eigenvalue weighted by Gasteiger charge is 2.04.